The van der Waals surface area contributed by atoms with Gasteiger partial charge in [0.05, 0.1) is 12.5 Å². The van der Waals surface area contributed by atoms with Crippen molar-refractivity contribution in [2.45, 2.75) is 159 Å². The quantitative estimate of drug-likeness (QED) is 0.0170. The average Bonchev–Trinajstić information content (AvgIpc) is 3.88. The number of nitrogens with two attached hydrogens (primary N) is 5. The highest BCUT2D eigenvalue weighted by Crippen LogP contribution is 2.22. The zero-order valence-corrected chi connectivity index (χ0v) is 45.9. The minimum Gasteiger partial charge on any atom is -0.508 e. The largest absolute Gasteiger partial charge is 0.508 e. The molecule has 0 aliphatic carbocycles. The lowest BCUT2D eigenvalue weighted by atomic mass is 10.0. The maximum atomic E-state index is 14.3. The van der Waals surface area contributed by atoms with Crippen LogP contribution in [0.5, 0.6) is 5.75 Å². The summed E-state index contributed by atoms with van der Waals surface area (Å²) in [5.41, 5.74) is 28.3. The molecule has 448 valence electrons. The maximum absolute atomic E-state index is 14.3. The molecule has 1 aliphatic heterocycles. The number of likely N-dealkylation sites (tertiary alicyclic amines) is 1. The van der Waals surface area contributed by atoms with Crippen LogP contribution >= 0.6 is 0 Å². The lowest BCUT2D eigenvalue weighted by Crippen LogP contribution is -2.62. The number of aliphatic hydroxyl groups excluding tert-OH is 1. The smallest absolute Gasteiger partial charge is 0.305 e. The van der Waals surface area contributed by atoms with Crippen molar-refractivity contribution in [2.75, 3.05) is 32.7 Å². The van der Waals surface area contributed by atoms with E-state index in [0.717, 1.165) is 6.92 Å². The number of amides is 9. The lowest BCUT2D eigenvalue weighted by molar-refractivity contribution is -0.143. The number of rotatable bonds is 36. The van der Waals surface area contributed by atoms with Gasteiger partial charge in [-0.15, -0.1) is 0 Å². The number of benzene rings is 1. The Morgan fingerprint density at radius 3 is 1.65 bits per heavy atom. The Labute approximate surface area is 464 Å². The molecule has 30 heteroatoms. The van der Waals surface area contributed by atoms with E-state index in [4.69, 9.17) is 39.5 Å². The van der Waals surface area contributed by atoms with Crippen LogP contribution in [0.2, 0.25) is 0 Å². The van der Waals surface area contributed by atoms with Gasteiger partial charge in [-0.1, -0.05) is 32.9 Å². The van der Waals surface area contributed by atoms with Crippen molar-refractivity contribution in [2.24, 2.45) is 40.5 Å². The fraction of sp³-hybridized carbons (Fsp3) is 0.640. The first-order chi connectivity index (χ1) is 37.7. The van der Waals surface area contributed by atoms with Crippen LogP contribution in [0.25, 0.3) is 0 Å². The summed E-state index contributed by atoms with van der Waals surface area (Å²) in [6.45, 7) is 6.83. The van der Waals surface area contributed by atoms with Crippen molar-refractivity contribution in [3.8, 4) is 5.75 Å². The number of aromatic hydroxyl groups is 1. The van der Waals surface area contributed by atoms with E-state index in [1.807, 2.05) is 0 Å². The van der Waals surface area contributed by atoms with E-state index >= 15 is 0 Å². The second-order valence-electron chi connectivity index (χ2n) is 20.2. The van der Waals surface area contributed by atoms with Crippen molar-refractivity contribution in [3.05, 3.63) is 29.8 Å². The summed E-state index contributed by atoms with van der Waals surface area (Å²) in [5, 5.41) is 67.8. The molecule has 0 bridgehead atoms. The second-order valence-corrected chi connectivity index (χ2v) is 20.2. The zero-order chi connectivity index (χ0) is 60.2. The molecule has 1 aromatic carbocycles. The number of aliphatic carboxylic acids is 1. The number of phenols is 1. The molecule has 1 saturated heterocycles. The Morgan fingerprint density at radius 2 is 1.14 bits per heavy atom. The molecule has 0 unspecified atom stereocenters. The van der Waals surface area contributed by atoms with Gasteiger partial charge in [-0.05, 0) is 101 Å². The van der Waals surface area contributed by atoms with E-state index in [2.05, 4.69) is 47.9 Å². The van der Waals surface area contributed by atoms with Crippen LogP contribution in [0.3, 0.4) is 0 Å². The number of unbranched alkanes of at least 4 members (excludes halogenated alkanes) is 1. The third kappa shape index (κ3) is 24.4. The fourth-order valence-corrected chi connectivity index (χ4v) is 8.59. The topological polar surface area (TPSA) is 521 Å². The standard InChI is InChI=1S/C50H85N17O13/c1-26(2)22-33(40(53)72)62-41(73)32(12-8-20-59-50(56)57)61-43(75)34(23-29-14-16-30(69)17-15-29)63-42(74)31(11-5-6-18-51)60-44(76)35(24-38(70)71)64-47(79)39(28(4)68)66-45(77)36(25-52)65-46(78)37-13-9-21-67(37)48(80)27(3)10-7-19-58-49(54)55/h14-17,26-28,31-37,39,68-69H,5-13,18-25,51-52H2,1-4H3,(H2,53,72)(H,60,76)(H,61,75)(H,62,73)(H,63,74)(H,64,79)(H,65,78)(H,66,77)(H,70,71)(H4,54,55,58)(H4,56,57,59)/t27-,28+,31-,32-,33-,34-,35-,36-,37-,39-/m0/s1. The molecule has 0 saturated carbocycles. The fourth-order valence-electron chi connectivity index (χ4n) is 8.59. The molecule has 1 fully saturated rings. The molecular formula is C50H85N17O13. The van der Waals surface area contributed by atoms with E-state index < -0.39 is 127 Å². The second kappa shape index (κ2) is 34.9. The first-order valence-electron chi connectivity index (χ1n) is 26.6. The van der Waals surface area contributed by atoms with Crippen LogP contribution in [-0.2, 0) is 54.4 Å². The highest BCUT2D eigenvalue weighted by Gasteiger charge is 2.39. The maximum Gasteiger partial charge on any atom is 0.305 e. The Hall–Kier alpha value is -7.86. The molecule has 2 rings (SSSR count). The molecule has 80 heavy (non-hydrogen) atoms. The highest BCUT2D eigenvalue weighted by molar-refractivity contribution is 5.99. The summed E-state index contributed by atoms with van der Waals surface area (Å²) in [5.74, 6) is -10.9. The number of carbonyl (C=O) groups is 10. The minimum atomic E-state index is -1.96. The Kier molecular flexibility index (Phi) is 29.8. The van der Waals surface area contributed by atoms with Gasteiger partial charge in [0.1, 0.15) is 54.1 Å². The van der Waals surface area contributed by atoms with Crippen molar-refractivity contribution in [3.63, 3.8) is 0 Å². The van der Waals surface area contributed by atoms with E-state index in [-0.39, 0.29) is 94.1 Å². The van der Waals surface area contributed by atoms with Crippen LogP contribution in [0.15, 0.2) is 24.3 Å². The molecule has 0 radical (unpaired) electrons. The Morgan fingerprint density at radius 1 is 0.637 bits per heavy atom. The number of hydrogen-bond acceptors (Lipinski definition) is 16. The van der Waals surface area contributed by atoms with Gasteiger partial charge in [-0.25, -0.2) is 0 Å². The molecule has 10 atom stereocenters. The SMILES string of the molecule is CC(C)C[C@H](NC(=O)[C@H](CCCNC(=N)N)NC(=O)[C@H](Cc1ccc(O)cc1)NC(=O)[C@H](CCCCN)NC(=O)[C@H](CC(=O)O)NC(=O)[C@@H](NC(=O)[C@H](CN)NC(=O)[C@@H]1CCCN1C(=O)[C@@H](C)CCCNC(=N)N)[C@@H](C)O)C(N)=O. The predicted octanol–water partition coefficient (Wildman–Crippen LogP) is -5.04. The number of primary amides is 1. The molecule has 24 N–H and O–H groups in total. The number of carboxylic acid groups (broad SMARTS) is 1. The molecular weight excluding hydrogens is 1050 g/mol. The monoisotopic (exact) mass is 1130 g/mol. The van der Waals surface area contributed by atoms with Gasteiger partial charge in [0.15, 0.2) is 11.9 Å². The lowest BCUT2D eigenvalue weighted by Gasteiger charge is -2.29. The van der Waals surface area contributed by atoms with Crippen molar-refractivity contribution < 1.29 is 63.3 Å². The zero-order valence-electron chi connectivity index (χ0n) is 45.9. The summed E-state index contributed by atoms with van der Waals surface area (Å²) < 4.78 is 0. The van der Waals surface area contributed by atoms with E-state index in [0.29, 0.717) is 37.8 Å². The summed E-state index contributed by atoms with van der Waals surface area (Å²) in [6.07, 6.45) is -0.626. The molecule has 1 heterocycles. The minimum absolute atomic E-state index is 0.0593. The van der Waals surface area contributed by atoms with Gasteiger partial charge in [-0.2, -0.15) is 0 Å². The van der Waals surface area contributed by atoms with Crippen LogP contribution < -0.4 is 76.5 Å². The van der Waals surface area contributed by atoms with Crippen LogP contribution in [0.1, 0.15) is 104 Å². The van der Waals surface area contributed by atoms with E-state index in [9.17, 15) is 63.3 Å². The van der Waals surface area contributed by atoms with Crippen molar-refractivity contribution in [1.82, 2.24) is 52.8 Å². The van der Waals surface area contributed by atoms with Crippen molar-refractivity contribution >= 4 is 71.1 Å². The number of hydrogen-bond donors (Lipinski definition) is 19. The first kappa shape index (κ1) is 68.2. The summed E-state index contributed by atoms with van der Waals surface area (Å²) in [6, 6.07) is -6.20. The van der Waals surface area contributed by atoms with Crippen LogP contribution in [0, 0.1) is 22.7 Å². The molecule has 1 aliphatic rings. The van der Waals surface area contributed by atoms with Gasteiger partial charge >= 0.3 is 5.97 Å². The van der Waals surface area contributed by atoms with Crippen molar-refractivity contribution in [1.29, 1.82) is 10.8 Å². The number of nitrogens with one attached hydrogen (secondary N) is 11. The third-order valence-corrected chi connectivity index (χ3v) is 12.9. The number of carbonyl (C=O) groups excluding carboxylic acids is 9. The van der Waals surface area contributed by atoms with Gasteiger partial charge in [0.2, 0.25) is 53.2 Å². The van der Waals surface area contributed by atoms with Gasteiger partial charge in [-0.3, -0.25) is 58.8 Å². The van der Waals surface area contributed by atoms with E-state index in [1.165, 1.54) is 29.2 Å². The molecule has 30 nitrogen and oxygen atoms in total. The normalized spacial score (nSPS) is 16.4. The molecule has 1 aromatic rings. The van der Waals surface area contributed by atoms with Gasteiger partial charge in [0.25, 0.3) is 0 Å². The summed E-state index contributed by atoms with van der Waals surface area (Å²) in [7, 11) is 0. The number of phenolic OH excluding ortho intramolecular Hbond substituents is 1. The summed E-state index contributed by atoms with van der Waals surface area (Å²) in [4.78, 5) is 137. The molecule has 0 aromatic heterocycles. The van der Waals surface area contributed by atoms with Crippen LogP contribution in [0.4, 0.5) is 0 Å². The Bertz CT molecular complexity index is 2290. The number of guanidine groups is 2. The van der Waals surface area contributed by atoms with Gasteiger partial charge in [0, 0.05) is 38.5 Å². The number of aliphatic hydroxyl groups is 1. The molecule has 0 spiro atoms. The Balaban J connectivity index is 2.39. The number of carboxylic acids is 1. The van der Waals surface area contributed by atoms with Gasteiger partial charge < -0.3 is 96.7 Å². The average molecular weight is 1130 g/mol. The third-order valence-electron chi connectivity index (χ3n) is 12.9. The first-order valence-corrected chi connectivity index (χ1v) is 26.6. The van der Waals surface area contributed by atoms with Crippen LogP contribution in [-0.4, -0.2) is 178 Å². The molecule has 9 amide bonds. The highest BCUT2D eigenvalue weighted by atomic mass is 16.4. The predicted molar refractivity (Wildman–Crippen MR) is 292 cm³/mol. The van der Waals surface area contributed by atoms with E-state index in [1.54, 1.807) is 20.8 Å². The number of nitrogens with zero attached hydrogens (tertiary/aromatic N) is 1. The summed E-state index contributed by atoms with van der Waals surface area (Å²) >= 11 is 0.